The predicted octanol–water partition coefficient (Wildman–Crippen LogP) is 2.81. The second-order valence-electron chi connectivity index (χ2n) is 8.65. The van der Waals surface area contributed by atoms with E-state index in [1.165, 1.54) is 5.56 Å². The van der Waals surface area contributed by atoms with Gasteiger partial charge in [-0.1, -0.05) is 26.0 Å². The second-order valence-corrected chi connectivity index (χ2v) is 8.65. The average molecular weight is 427 g/mol. The van der Waals surface area contributed by atoms with Crippen LogP contribution in [0, 0.1) is 5.41 Å². The van der Waals surface area contributed by atoms with Crippen LogP contribution in [0.2, 0.25) is 0 Å². The first-order chi connectivity index (χ1) is 13.3. The van der Waals surface area contributed by atoms with Gasteiger partial charge in [-0.25, -0.2) is 0 Å². The summed E-state index contributed by atoms with van der Waals surface area (Å²) >= 11 is 0. The Morgan fingerprint density at radius 2 is 1.86 bits per heavy atom. The van der Waals surface area contributed by atoms with Crippen molar-refractivity contribution in [2.75, 3.05) is 33.5 Å². The third kappa shape index (κ3) is 4.26. The second kappa shape index (κ2) is 9.21. The summed E-state index contributed by atoms with van der Waals surface area (Å²) in [5.41, 5.74) is 6.30. The van der Waals surface area contributed by atoms with Gasteiger partial charge >= 0.3 is 0 Å². The summed E-state index contributed by atoms with van der Waals surface area (Å²) in [6, 6.07) is 8.13. The zero-order valence-electron chi connectivity index (χ0n) is 18.0. The topological polar surface area (TPSA) is 82.8 Å². The van der Waals surface area contributed by atoms with Gasteiger partial charge in [0.05, 0.1) is 13.2 Å². The average Bonchev–Trinajstić information content (AvgIpc) is 2.72. The van der Waals surface area contributed by atoms with E-state index in [-0.39, 0.29) is 29.8 Å². The van der Waals surface area contributed by atoms with Gasteiger partial charge in [-0.15, -0.1) is 12.4 Å². The van der Waals surface area contributed by atoms with Gasteiger partial charge in [-0.3, -0.25) is 4.79 Å². The lowest BCUT2D eigenvalue weighted by molar-refractivity contribution is -0.171. The van der Waals surface area contributed by atoms with E-state index < -0.39 is 11.0 Å². The lowest BCUT2D eigenvalue weighted by atomic mass is 9.54. The Morgan fingerprint density at radius 1 is 1.24 bits per heavy atom. The summed E-state index contributed by atoms with van der Waals surface area (Å²) in [6.45, 7) is 8.56. The molecule has 0 radical (unpaired) electrons. The molecule has 2 atom stereocenters. The molecule has 0 bridgehead atoms. The monoisotopic (exact) mass is 426 g/mol. The molecule has 29 heavy (non-hydrogen) atoms. The smallest absolute Gasteiger partial charge is 0.240 e. The van der Waals surface area contributed by atoms with Gasteiger partial charge < -0.3 is 25.3 Å². The molecule has 1 heterocycles. The van der Waals surface area contributed by atoms with Crippen LogP contribution in [0.3, 0.4) is 0 Å². The fourth-order valence-corrected chi connectivity index (χ4v) is 4.50. The van der Waals surface area contributed by atoms with Crippen molar-refractivity contribution in [3.05, 3.63) is 29.8 Å². The van der Waals surface area contributed by atoms with Crippen LogP contribution in [0.1, 0.15) is 45.6 Å². The van der Waals surface area contributed by atoms with Gasteiger partial charge in [0.15, 0.2) is 0 Å². The molecular weight excluding hydrogens is 392 g/mol. The minimum atomic E-state index is -0.904. The number of hydrogen-bond donors (Lipinski definition) is 2. The van der Waals surface area contributed by atoms with Gasteiger partial charge in [-0.05, 0) is 37.5 Å². The number of rotatable bonds is 7. The fraction of sp³-hybridized carbons (Fsp3) is 0.682. The van der Waals surface area contributed by atoms with E-state index in [4.69, 9.17) is 19.9 Å². The van der Waals surface area contributed by atoms with Crippen molar-refractivity contribution in [3.8, 4) is 5.75 Å². The van der Waals surface area contributed by atoms with Crippen molar-refractivity contribution in [2.24, 2.45) is 11.1 Å². The Hall–Kier alpha value is -1.34. The number of nitrogens with one attached hydrogen (secondary N) is 1. The number of carbonyl (C=O) groups excluding carboxylic acids is 1. The first-order valence-corrected chi connectivity index (χ1v) is 10.2. The van der Waals surface area contributed by atoms with E-state index in [1.54, 1.807) is 7.11 Å². The van der Waals surface area contributed by atoms with Crippen molar-refractivity contribution in [2.45, 2.75) is 57.1 Å². The Kier molecular flexibility index (Phi) is 7.60. The van der Waals surface area contributed by atoms with Crippen molar-refractivity contribution in [1.82, 2.24) is 5.32 Å². The number of nitrogens with two attached hydrogens (primary N) is 1. The predicted molar refractivity (Wildman–Crippen MR) is 116 cm³/mol. The van der Waals surface area contributed by atoms with E-state index in [0.29, 0.717) is 32.8 Å². The maximum absolute atomic E-state index is 13.1. The molecule has 1 saturated heterocycles. The number of carbonyl (C=O) groups is 1. The highest BCUT2D eigenvalue weighted by Gasteiger charge is 2.63. The largest absolute Gasteiger partial charge is 0.497 e. The summed E-state index contributed by atoms with van der Waals surface area (Å²) < 4.78 is 16.6. The quantitative estimate of drug-likeness (QED) is 0.700. The molecule has 0 aromatic heterocycles. The number of hydrogen-bond acceptors (Lipinski definition) is 5. The molecule has 2 fully saturated rings. The highest BCUT2D eigenvalue weighted by atomic mass is 35.5. The summed E-state index contributed by atoms with van der Waals surface area (Å²) in [6.07, 6.45) is 2.30. The Labute approximate surface area is 180 Å². The van der Waals surface area contributed by atoms with Crippen LogP contribution in [0.15, 0.2) is 24.3 Å². The zero-order chi connectivity index (χ0) is 20.4. The highest BCUT2D eigenvalue weighted by Crippen LogP contribution is 2.50. The van der Waals surface area contributed by atoms with Crippen molar-refractivity contribution in [1.29, 1.82) is 0 Å². The molecule has 1 aliphatic heterocycles. The summed E-state index contributed by atoms with van der Waals surface area (Å²) in [4.78, 5) is 13.1. The fourth-order valence-electron chi connectivity index (χ4n) is 4.50. The van der Waals surface area contributed by atoms with Crippen LogP contribution in [0.25, 0.3) is 0 Å². The molecule has 7 heteroatoms. The molecule has 2 aliphatic rings. The Balaban J connectivity index is 0.00000300. The van der Waals surface area contributed by atoms with E-state index in [1.807, 2.05) is 32.9 Å². The number of amides is 1. The minimum Gasteiger partial charge on any atom is -0.497 e. The molecule has 2 unspecified atom stereocenters. The van der Waals surface area contributed by atoms with Crippen LogP contribution < -0.4 is 15.8 Å². The normalized spacial score (nSPS) is 27.3. The SMILES string of the molecule is CCOC1CC(N)(C(=O)NCC2(c3ccc(OC)cc3)CCOCC2)C1(C)C.Cl. The van der Waals surface area contributed by atoms with Crippen LogP contribution in [0.5, 0.6) is 5.75 Å². The van der Waals surface area contributed by atoms with Gasteiger partial charge in [-0.2, -0.15) is 0 Å². The van der Waals surface area contributed by atoms with Crippen LogP contribution in [0.4, 0.5) is 0 Å². The maximum Gasteiger partial charge on any atom is 0.240 e. The molecule has 164 valence electrons. The number of methoxy groups -OCH3 is 1. The third-order valence-corrected chi connectivity index (χ3v) is 6.97. The Morgan fingerprint density at radius 3 is 2.38 bits per heavy atom. The number of halogens is 1. The van der Waals surface area contributed by atoms with Crippen molar-refractivity contribution in [3.63, 3.8) is 0 Å². The van der Waals surface area contributed by atoms with Gasteiger partial charge in [0.2, 0.25) is 5.91 Å². The zero-order valence-corrected chi connectivity index (χ0v) is 18.8. The molecular formula is C22H35ClN2O4. The van der Waals surface area contributed by atoms with Crippen LogP contribution in [-0.4, -0.2) is 51.0 Å². The molecule has 1 aromatic rings. The molecule has 1 aliphatic carbocycles. The molecule has 0 spiro atoms. The van der Waals surface area contributed by atoms with E-state index >= 15 is 0 Å². The van der Waals surface area contributed by atoms with Crippen LogP contribution in [-0.2, 0) is 19.7 Å². The Bertz CT molecular complexity index is 689. The first kappa shape index (κ1) is 23.9. The van der Waals surface area contributed by atoms with Crippen molar-refractivity contribution < 1.29 is 19.0 Å². The summed E-state index contributed by atoms with van der Waals surface area (Å²) in [7, 11) is 1.66. The van der Waals surface area contributed by atoms with Crippen molar-refractivity contribution >= 4 is 18.3 Å². The minimum absolute atomic E-state index is 0. The number of ether oxygens (including phenoxy) is 3. The summed E-state index contributed by atoms with van der Waals surface area (Å²) in [5, 5.41) is 3.17. The molecule has 1 aromatic carbocycles. The summed E-state index contributed by atoms with van der Waals surface area (Å²) in [5.74, 6) is 0.738. The van der Waals surface area contributed by atoms with Gasteiger partial charge in [0, 0.05) is 43.6 Å². The lowest BCUT2D eigenvalue weighted by Crippen LogP contribution is -2.76. The highest BCUT2D eigenvalue weighted by molar-refractivity contribution is 5.89. The maximum atomic E-state index is 13.1. The third-order valence-electron chi connectivity index (χ3n) is 6.97. The molecule has 1 amide bonds. The van der Waals surface area contributed by atoms with E-state index in [9.17, 15) is 4.79 Å². The van der Waals surface area contributed by atoms with Gasteiger partial charge in [0.25, 0.3) is 0 Å². The molecule has 3 N–H and O–H groups in total. The first-order valence-electron chi connectivity index (χ1n) is 10.2. The molecule has 6 nitrogen and oxygen atoms in total. The number of benzene rings is 1. The lowest BCUT2D eigenvalue weighted by Gasteiger charge is -2.57. The van der Waals surface area contributed by atoms with E-state index in [0.717, 1.165) is 18.6 Å². The standard InChI is InChI=1S/C22H34N2O4.ClH/c1-5-28-18-14-22(23,20(18,2)3)19(25)24-15-21(10-12-27-13-11-21)16-6-8-17(26-4)9-7-16;/h6-9,18H,5,10-15,23H2,1-4H3,(H,24,25);1H. The van der Waals surface area contributed by atoms with Gasteiger partial charge in [0.1, 0.15) is 11.3 Å². The molecule has 1 saturated carbocycles. The van der Waals surface area contributed by atoms with Crippen LogP contribution >= 0.6 is 12.4 Å². The van der Waals surface area contributed by atoms with E-state index in [2.05, 4.69) is 17.4 Å². The molecule has 3 rings (SSSR count).